The molecule has 0 fully saturated rings. The van der Waals surface area contributed by atoms with E-state index in [-0.39, 0.29) is 5.69 Å². The molecule has 1 aromatic rings. The Morgan fingerprint density at radius 2 is 2.38 bits per heavy atom. The van der Waals surface area contributed by atoms with Crippen LogP contribution in [-0.2, 0) is 13.0 Å². The van der Waals surface area contributed by atoms with Crippen LogP contribution in [0.1, 0.15) is 11.3 Å². The number of aromatic nitrogens is 2. The van der Waals surface area contributed by atoms with Gasteiger partial charge >= 0.3 is 5.69 Å². The van der Waals surface area contributed by atoms with Crippen LogP contribution >= 0.6 is 0 Å². The Morgan fingerprint density at radius 1 is 1.62 bits per heavy atom. The smallest absolute Gasteiger partial charge is 0.347 e. The van der Waals surface area contributed by atoms with Gasteiger partial charge in [-0.25, -0.2) is 4.79 Å². The number of fused-ring (bicyclic) bond motifs is 1. The molecule has 70 valence electrons. The average Bonchev–Trinajstić information content (AvgIpc) is 2.02. The van der Waals surface area contributed by atoms with E-state index in [9.17, 15) is 4.79 Å². The van der Waals surface area contributed by atoms with Crippen molar-refractivity contribution in [2.75, 3.05) is 19.3 Å². The molecule has 1 aliphatic rings. The lowest BCUT2D eigenvalue weighted by molar-refractivity contribution is 0.307. The Bertz CT molecular complexity index is 384. The van der Waals surface area contributed by atoms with E-state index >= 15 is 0 Å². The van der Waals surface area contributed by atoms with Gasteiger partial charge in [0.2, 0.25) is 0 Å². The molecule has 0 amide bonds. The van der Waals surface area contributed by atoms with Gasteiger partial charge in [0.15, 0.2) is 0 Å². The van der Waals surface area contributed by atoms with Crippen LogP contribution in [0.3, 0.4) is 0 Å². The molecule has 0 bridgehead atoms. The van der Waals surface area contributed by atoms with E-state index in [1.165, 1.54) is 0 Å². The molecule has 2 heterocycles. The highest BCUT2D eigenvalue weighted by molar-refractivity contribution is 5.42. The largest absolute Gasteiger partial charge is 0.383 e. The van der Waals surface area contributed by atoms with E-state index in [0.717, 1.165) is 30.8 Å². The van der Waals surface area contributed by atoms with Gasteiger partial charge in [0.25, 0.3) is 0 Å². The van der Waals surface area contributed by atoms with E-state index in [0.29, 0.717) is 5.82 Å². The number of hydrogen-bond acceptors (Lipinski definition) is 4. The van der Waals surface area contributed by atoms with Crippen LogP contribution < -0.4 is 11.4 Å². The van der Waals surface area contributed by atoms with Crippen molar-refractivity contribution in [2.24, 2.45) is 0 Å². The van der Waals surface area contributed by atoms with Gasteiger partial charge in [-0.3, -0.25) is 0 Å². The molecule has 13 heavy (non-hydrogen) atoms. The normalized spacial score (nSPS) is 17.0. The van der Waals surface area contributed by atoms with Crippen molar-refractivity contribution < 1.29 is 0 Å². The minimum atomic E-state index is -0.355. The second kappa shape index (κ2) is 2.85. The third kappa shape index (κ3) is 1.42. The van der Waals surface area contributed by atoms with Crippen molar-refractivity contribution in [1.29, 1.82) is 0 Å². The van der Waals surface area contributed by atoms with Gasteiger partial charge in [0.05, 0.1) is 0 Å². The number of anilines is 1. The van der Waals surface area contributed by atoms with Crippen molar-refractivity contribution in [1.82, 2.24) is 14.9 Å². The molecule has 0 aliphatic carbocycles. The quantitative estimate of drug-likeness (QED) is 0.556. The van der Waals surface area contributed by atoms with Crippen LogP contribution in [0.5, 0.6) is 0 Å². The fraction of sp³-hybridized carbons (Fsp3) is 0.500. The van der Waals surface area contributed by atoms with Crippen molar-refractivity contribution in [3.05, 3.63) is 21.7 Å². The van der Waals surface area contributed by atoms with Gasteiger partial charge < -0.3 is 15.6 Å². The monoisotopic (exact) mass is 180 g/mol. The van der Waals surface area contributed by atoms with Gasteiger partial charge in [0, 0.05) is 24.3 Å². The molecule has 0 atom stereocenters. The fourth-order valence-corrected chi connectivity index (χ4v) is 1.63. The number of nitrogens with one attached hydrogen (secondary N) is 1. The number of rotatable bonds is 0. The molecule has 5 heteroatoms. The van der Waals surface area contributed by atoms with Gasteiger partial charge in [-0.2, -0.15) is 4.98 Å². The lowest BCUT2D eigenvalue weighted by atomic mass is 10.1. The molecule has 1 aromatic heterocycles. The van der Waals surface area contributed by atoms with Crippen LogP contribution in [0.15, 0.2) is 4.79 Å². The first kappa shape index (κ1) is 8.25. The van der Waals surface area contributed by atoms with Gasteiger partial charge in [-0.05, 0) is 13.5 Å². The first-order valence-corrected chi connectivity index (χ1v) is 4.23. The number of nitrogens with zero attached hydrogens (tertiary/aromatic N) is 2. The molecule has 0 saturated carbocycles. The number of aromatic amines is 1. The second-order valence-electron chi connectivity index (χ2n) is 3.37. The predicted octanol–water partition coefficient (Wildman–Crippen LogP) is -0.660. The Balaban J connectivity index is 2.53. The maximum Gasteiger partial charge on any atom is 0.347 e. The van der Waals surface area contributed by atoms with E-state index in [1.807, 2.05) is 7.05 Å². The summed E-state index contributed by atoms with van der Waals surface area (Å²) in [6, 6.07) is 0. The number of nitrogens with two attached hydrogens (primary N) is 1. The molecule has 0 unspecified atom stereocenters. The van der Waals surface area contributed by atoms with E-state index in [2.05, 4.69) is 14.9 Å². The molecule has 3 N–H and O–H groups in total. The summed E-state index contributed by atoms with van der Waals surface area (Å²) in [6.07, 6.45) is 0.863. The van der Waals surface area contributed by atoms with Crippen LogP contribution in [-0.4, -0.2) is 28.5 Å². The van der Waals surface area contributed by atoms with E-state index < -0.39 is 0 Å². The van der Waals surface area contributed by atoms with Gasteiger partial charge in [-0.15, -0.1) is 0 Å². The zero-order valence-electron chi connectivity index (χ0n) is 7.50. The van der Waals surface area contributed by atoms with Crippen molar-refractivity contribution in [3.63, 3.8) is 0 Å². The van der Waals surface area contributed by atoms with Crippen LogP contribution in [0.25, 0.3) is 0 Å². The Labute approximate surface area is 75.6 Å². The van der Waals surface area contributed by atoms with Gasteiger partial charge in [0.1, 0.15) is 5.82 Å². The highest BCUT2D eigenvalue weighted by atomic mass is 16.1. The molecule has 2 rings (SSSR count). The zero-order valence-corrected chi connectivity index (χ0v) is 7.50. The number of hydrogen-bond donors (Lipinski definition) is 2. The summed E-state index contributed by atoms with van der Waals surface area (Å²) in [5.41, 5.74) is 7.19. The summed E-state index contributed by atoms with van der Waals surface area (Å²) < 4.78 is 0. The first-order valence-electron chi connectivity index (χ1n) is 4.23. The third-order valence-corrected chi connectivity index (χ3v) is 2.32. The van der Waals surface area contributed by atoms with E-state index in [1.54, 1.807) is 0 Å². The Hall–Kier alpha value is -1.36. The first-order chi connectivity index (χ1) is 6.16. The lowest BCUT2D eigenvalue weighted by Gasteiger charge is -2.24. The van der Waals surface area contributed by atoms with Crippen molar-refractivity contribution in [2.45, 2.75) is 13.0 Å². The van der Waals surface area contributed by atoms with E-state index in [4.69, 9.17) is 5.73 Å². The molecule has 0 spiro atoms. The average molecular weight is 180 g/mol. The minimum absolute atomic E-state index is 0.355. The SMILES string of the molecule is CN1CCc2c(N)nc(=O)[nH]c2C1. The summed E-state index contributed by atoms with van der Waals surface area (Å²) in [4.78, 5) is 19.5. The molecular formula is C8H12N4O. The van der Waals surface area contributed by atoms with Gasteiger partial charge in [-0.1, -0.05) is 0 Å². The standard InChI is InChI=1S/C8H12N4O/c1-12-3-2-5-6(4-12)10-8(13)11-7(5)9/h2-4H2,1H3,(H3,9,10,11,13). The molecule has 0 radical (unpaired) electrons. The number of H-pyrrole nitrogens is 1. The molecule has 5 nitrogen and oxygen atoms in total. The summed E-state index contributed by atoms with van der Waals surface area (Å²) in [5, 5.41) is 0. The minimum Gasteiger partial charge on any atom is -0.383 e. The molecule has 1 aliphatic heterocycles. The van der Waals surface area contributed by atoms with Crippen LogP contribution in [0.2, 0.25) is 0 Å². The Kier molecular flexibility index (Phi) is 1.81. The van der Waals surface area contributed by atoms with Crippen LogP contribution in [0, 0.1) is 0 Å². The molecular weight excluding hydrogens is 168 g/mol. The number of nitrogen functional groups attached to an aromatic ring is 1. The highest BCUT2D eigenvalue weighted by Gasteiger charge is 2.16. The highest BCUT2D eigenvalue weighted by Crippen LogP contribution is 2.17. The predicted molar refractivity (Wildman–Crippen MR) is 49.3 cm³/mol. The third-order valence-electron chi connectivity index (χ3n) is 2.32. The summed E-state index contributed by atoms with van der Waals surface area (Å²) >= 11 is 0. The Morgan fingerprint density at radius 3 is 3.15 bits per heavy atom. The molecule has 0 saturated heterocycles. The summed E-state index contributed by atoms with van der Waals surface area (Å²) in [6.45, 7) is 1.71. The summed E-state index contributed by atoms with van der Waals surface area (Å²) in [5.74, 6) is 0.381. The zero-order chi connectivity index (χ0) is 9.42. The lowest BCUT2D eigenvalue weighted by Crippen LogP contribution is -2.31. The second-order valence-corrected chi connectivity index (χ2v) is 3.37. The fourth-order valence-electron chi connectivity index (χ4n) is 1.63. The molecule has 0 aromatic carbocycles. The maximum atomic E-state index is 11.0. The maximum absolute atomic E-state index is 11.0. The van der Waals surface area contributed by atoms with Crippen molar-refractivity contribution >= 4 is 5.82 Å². The topological polar surface area (TPSA) is 75.0 Å². The van der Waals surface area contributed by atoms with Crippen LogP contribution in [0.4, 0.5) is 5.82 Å². The number of likely N-dealkylation sites (N-methyl/N-ethyl adjacent to an activating group) is 1. The summed E-state index contributed by atoms with van der Waals surface area (Å²) in [7, 11) is 2.01. The van der Waals surface area contributed by atoms with Crippen molar-refractivity contribution in [3.8, 4) is 0 Å².